The normalized spacial score (nSPS) is 24.8. The number of rotatable bonds is 4. The zero-order chi connectivity index (χ0) is 23.2. The molecular formula is C22H24N4O4S3. The number of hydrogen-bond donors (Lipinski definition) is 1. The highest BCUT2D eigenvalue weighted by Gasteiger charge is 2.42. The molecule has 8 nitrogen and oxygen atoms in total. The molecule has 1 amide bonds. The molecule has 2 aromatic rings. The van der Waals surface area contributed by atoms with E-state index in [2.05, 4.69) is 5.32 Å². The fourth-order valence-corrected chi connectivity index (χ4v) is 7.77. The largest absolute Gasteiger partial charge is 0.367 e. The van der Waals surface area contributed by atoms with E-state index < -0.39 is 15.9 Å². The first-order valence-corrected chi connectivity index (χ1v) is 14.1. The maximum atomic E-state index is 13.4. The molecule has 2 saturated heterocycles. The first kappa shape index (κ1) is 22.5. The van der Waals surface area contributed by atoms with Crippen molar-refractivity contribution >= 4 is 61.6 Å². The molecule has 0 radical (unpaired) electrons. The Labute approximate surface area is 201 Å². The second kappa shape index (κ2) is 8.84. The molecule has 5 rings (SSSR count). The third-order valence-electron chi connectivity index (χ3n) is 6.39. The third-order valence-corrected chi connectivity index (χ3v) is 9.47. The van der Waals surface area contributed by atoms with Crippen LogP contribution in [0.15, 0.2) is 34.1 Å². The van der Waals surface area contributed by atoms with Crippen LogP contribution in [0.3, 0.4) is 0 Å². The van der Waals surface area contributed by atoms with Crippen LogP contribution in [0.4, 0.5) is 5.82 Å². The number of fused-ring (bicyclic) bond motifs is 1. The zero-order valence-electron chi connectivity index (χ0n) is 17.9. The number of carbonyl (C=O) groups is 1. The lowest BCUT2D eigenvalue weighted by Crippen LogP contribution is -2.39. The lowest BCUT2D eigenvalue weighted by atomic mass is 9.95. The fraction of sp³-hybridized carbons (Fsp3) is 0.455. The first-order valence-electron chi connectivity index (χ1n) is 11.1. The summed E-state index contributed by atoms with van der Waals surface area (Å²) in [6, 6.07) is 5.13. The summed E-state index contributed by atoms with van der Waals surface area (Å²) in [6.45, 7) is 0. The van der Waals surface area contributed by atoms with Gasteiger partial charge in [-0.3, -0.25) is 18.9 Å². The molecule has 0 bridgehead atoms. The van der Waals surface area contributed by atoms with E-state index in [0.717, 1.165) is 37.4 Å². The minimum absolute atomic E-state index is 0.0547. The van der Waals surface area contributed by atoms with Gasteiger partial charge >= 0.3 is 0 Å². The van der Waals surface area contributed by atoms with Gasteiger partial charge in [0.15, 0.2) is 9.84 Å². The average molecular weight is 505 g/mol. The summed E-state index contributed by atoms with van der Waals surface area (Å²) in [5, 5.41) is 3.44. The van der Waals surface area contributed by atoms with Crippen LogP contribution in [-0.4, -0.2) is 56.5 Å². The number of thiocarbonyl (C=S) groups is 1. The number of hydrogen-bond acceptors (Lipinski definition) is 8. The van der Waals surface area contributed by atoms with Gasteiger partial charge in [0.25, 0.3) is 11.5 Å². The van der Waals surface area contributed by atoms with Crippen molar-refractivity contribution in [2.24, 2.45) is 0 Å². The van der Waals surface area contributed by atoms with E-state index in [1.165, 1.54) is 15.7 Å². The number of anilines is 1. The smallest absolute Gasteiger partial charge is 0.267 e. The number of thioether (sulfide) groups is 1. The Hall–Kier alpha value is -2.24. The summed E-state index contributed by atoms with van der Waals surface area (Å²) in [5.74, 6) is 0.0840. The lowest BCUT2D eigenvalue weighted by Gasteiger charge is -2.24. The number of nitrogens with zero attached hydrogens (tertiary/aromatic N) is 3. The van der Waals surface area contributed by atoms with Gasteiger partial charge in [-0.15, -0.1) is 0 Å². The topological polar surface area (TPSA) is 101 Å². The number of carbonyl (C=O) groups excluding carboxylic acids is 1. The van der Waals surface area contributed by atoms with E-state index in [9.17, 15) is 18.0 Å². The van der Waals surface area contributed by atoms with Gasteiger partial charge < -0.3 is 5.32 Å². The monoisotopic (exact) mass is 504 g/mol. The van der Waals surface area contributed by atoms with Crippen molar-refractivity contribution in [3.63, 3.8) is 0 Å². The highest BCUT2D eigenvalue weighted by Crippen LogP contribution is 2.36. The lowest BCUT2D eigenvalue weighted by molar-refractivity contribution is -0.123. The Kier molecular flexibility index (Phi) is 6.04. The summed E-state index contributed by atoms with van der Waals surface area (Å²) >= 11 is 6.52. The molecule has 2 aliphatic heterocycles. The number of pyridine rings is 1. The molecule has 4 heterocycles. The van der Waals surface area contributed by atoms with Crippen molar-refractivity contribution in [2.45, 2.75) is 50.6 Å². The molecular weight excluding hydrogens is 480 g/mol. The van der Waals surface area contributed by atoms with E-state index in [1.807, 2.05) is 6.07 Å². The number of amides is 1. The first-order chi connectivity index (χ1) is 15.8. The van der Waals surface area contributed by atoms with Gasteiger partial charge in [0.05, 0.1) is 28.0 Å². The van der Waals surface area contributed by atoms with Crippen LogP contribution in [-0.2, 0) is 14.6 Å². The summed E-state index contributed by atoms with van der Waals surface area (Å²) in [5.41, 5.74) is 0.568. The molecule has 0 spiro atoms. The van der Waals surface area contributed by atoms with Crippen molar-refractivity contribution in [3.05, 3.63) is 45.2 Å². The predicted octanol–water partition coefficient (Wildman–Crippen LogP) is 2.83. The Morgan fingerprint density at radius 2 is 1.94 bits per heavy atom. The minimum Gasteiger partial charge on any atom is -0.367 e. The van der Waals surface area contributed by atoms with E-state index >= 15 is 0 Å². The molecule has 1 N–H and O–H groups in total. The quantitative estimate of drug-likeness (QED) is 0.501. The maximum Gasteiger partial charge on any atom is 0.267 e. The van der Waals surface area contributed by atoms with Crippen LogP contribution < -0.4 is 10.9 Å². The molecule has 174 valence electrons. The molecule has 3 fully saturated rings. The van der Waals surface area contributed by atoms with E-state index in [1.54, 1.807) is 24.4 Å². The van der Waals surface area contributed by atoms with Crippen molar-refractivity contribution in [1.29, 1.82) is 0 Å². The SMILES string of the molecule is O=C1C(=Cc2c(NC3CCCCC3)nc3ccccn3c2=O)SC(=S)N1C1CCS(=O)(=O)C1. The molecule has 1 saturated carbocycles. The van der Waals surface area contributed by atoms with Gasteiger partial charge in [-0.1, -0.05) is 49.3 Å². The maximum absolute atomic E-state index is 13.4. The molecule has 1 aliphatic carbocycles. The van der Waals surface area contributed by atoms with Crippen molar-refractivity contribution in [3.8, 4) is 0 Å². The number of sulfone groups is 1. The van der Waals surface area contributed by atoms with Gasteiger partial charge in [-0.25, -0.2) is 13.4 Å². The molecule has 0 aromatic carbocycles. The second-order valence-electron chi connectivity index (χ2n) is 8.70. The number of nitrogens with one attached hydrogen (secondary N) is 1. The molecule has 33 heavy (non-hydrogen) atoms. The molecule has 2 aromatic heterocycles. The van der Waals surface area contributed by atoms with Gasteiger partial charge in [0.1, 0.15) is 15.8 Å². The van der Waals surface area contributed by atoms with E-state index in [0.29, 0.717) is 32.7 Å². The summed E-state index contributed by atoms with van der Waals surface area (Å²) < 4.78 is 25.6. The van der Waals surface area contributed by atoms with Crippen LogP contribution in [0.1, 0.15) is 44.1 Å². The second-order valence-corrected chi connectivity index (χ2v) is 12.6. The van der Waals surface area contributed by atoms with Crippen molar-refractivity contribution in [2.75, 3.05) is 16.8 Å². The molecule has 1 unspecified atom stereocenters. The standard InChI is InChI=1S/C22H24N4O4S3/c27-20-16(12-17-21(28)26(22(31)32-17)15-9-11-33(29,30)13-15)19(23-14-6-2-1-3-7-14)24-18-8-4-5-10-25(18)20/h4-5,8,10,12,14-15,23H,1-3,6-7,9,11,13H2. The average Bonchev–Trinajstić information content (AvgIpc) is 3.28. The highest BCUT2D eigenvalue weighted by molar-refractivity contribution is 8.26. The van der Waals surface area contributed by atoms with Crippen LogP contribution in [0.5, 0.6) is 0 Å². The van der Waals surface area contributed by atoms with Gasteiger partial charge in [-0.2, -0.15) is 0 Å². The zero-order valence-corrected chi connectivity index (χ0v) is 20.3. The fourth-order valence-electron chi connectivity index (χ4n) is 4.69. The Bertz CT molecular complexity index is 1330. The Balaban J connectivity index is 1.54. The number of aromatic nitrogens is 2. The van der Waals surface area contributed by atoms with Crippen LogP contribution in [0.25, 0.3) is 11.7 Å². The third kappa shape index (κ3) is 4.45. The van der Waals surface area contributed by atoms with Gasteiger partial charge in [-0.05, 0) is 37.5 Å². The van der Waals surface area contributed by atoms with Crippen LogP contribution in [0, 0.1) is 0 Å². The highest BCUT2D eigenvalue weighted by atomic mass is 32.2. The van der Waals surface area contributed by atoms with E-state index in [-0.39, 0.29) is 29.0 Å². The predicted molar refractivity (Wildman–Crippen MR) is 134 cm³/mol. The van der Waals surface area contributed by atoms with Crippen molar-refractivity contribution < 1.29 is 13.2 Å². The summed E-state index contributed by atoms with van der Waals surface area (Å²) in [7, 11) is -3.17. The van der Waals surface area contributed by atoms with Crippen molar-refractivity contribution in [1.82, 2.24) is 14.3 Å². The Morgan fingerprint density at radius 3 is 2.67 bits per heavy atom. The van der Waals surface area contributed by atoms with Gasteiger partial charge in [0, 0.05) is 12.2 Å². The summed E-state index contributed by atoms with van der Waals surface area (Å²) in [6.07, 6.45) is 9.06. The summed E-state index contributed by atoms with van der Waals surface area (Å²) in [4.78, 5) is 33.0. The van der Waals surface area contributed by atoms with Crippen LogP contribution in [0.2, 0.25) is 0 Å². The van der Waals surface area contributed by atoms with Gasteiger partial charge in [0.2, 0.25) is 0 Å². The van der Waals surface area contributed by atoms with E-state index in [4.69, 9.17) is 17.2 Å². The minimum atomic E-state index is -3.17. The molecule has 11 heteroatoms. The molecule has 3 aliphatic rings. The van der Waals surface area contributed by atoms with Crippen LogP contribution >= 0.6 is 24.0 Å². The molecule has 1 atom stereocenters. The Morgan fingerprint density at radius 1 is 1.15 bits per heavy atom.